The number of carbonyl (C=O) groups is 1. The molecule has 9 heteroatoms. The number of thioether (sulfide) groups is 1. The molecule has 0 saturated carbocycles. The van der Waals surface area contributed by atoms with E-state index in [-0.39, 0.29) is 11.7 Å². The second kappa shape index (κ2) is 9.64. The first-order chi connectivity index (χ1) is 15.0. The van der Waals surface area contributed by atoms with Gasteiger partial charge in [-0.2, -0.15) is 0 Å². The molecule has 0 unspecified atom stereocenters. The van der Waals surface area contributed by atoms with E-state index >= 15 is 0 Å². The summed E-state index contributed by atoms with van der Waals surface area (Å²) in [4.78, 5) is 16.6. The van der Waals surface area contributed by atoms with Crippen molar-refractivity contribution in [1.29, 1.82) is 0 Å². The molecule has 2 heterocycles. The van der Waals surface area contributed by atoms with Crippen molar-refractivity contribution in [2.75, 3.05) is 11.1 Å². The van der Waals surface area contributed by atoms with Gasteiger partial charge in [0, 0.05) is 33.1 Å². The Kier molecular flexibility index (Phi) is 6.70. The Morgan fingerprint density at radius 1 is 1.10 bits per heavy atom. The zero-order valence-electron chi connectivity index (χ0n) is 16.4. The maximum atomic E-state index is 12.6. The molecule has 0 spiro atoms. The molecule has 0 fully saturated rings. The van der Waals surface area contributed by atoms with E-state index in [4.69, 9.17) is 11.6 Å². The third-order valence-corrected chi connectivity index (χ3v) is 6.22. The summed E-state index contributed by atoms with van der Waals surface area (Å²) in [5, 5.41) is 12.9. The number of aryl methyl sites for hydroxylation is 1. The quantitative estimate of drug-likeness (QED) is 0.330. The fourth-order valence-corrected chi connectivity index (χ4v) is 4.38. The lowest BCUT2D eigenvalue weighted by Gasteiger charge is -2.11. The second-order valence-corrected chi connectivity index (χ2v) is 8.91. The molecular weight excluding hydrogens is 498 g/mol. The van der Waals surface area contributed by atoms with Crippen LogP contribution in [-0.4, -0.2) is 31.4 Å². The fourth-order valence-electron chi connectivity index (χ4n) is 2.91. The molecular formula is C22H17BrClN5OS. The van der Waals surface area contributed by atoms with Crippen LogP contribution in [0.25, 0.3) is 17.1 Å². The number of amides is 1. The van der Waals surface area contributed by atoms with Crippen molar-refractivity contribution in [3.63, 3.8) is 0 Å². The first kappa shape index (κ1) is 21.5. The van der Waals surface area contributed by atoms with Gasteiger partial charge in [-0.05, 0) is 76.9 Å². The molecule has 156 valence electrons. The molecule has 0 saturated heterocycles. The van der Waals surface area contributed by atoms with Crippen molar-refractivity contribution < 1.29 is 4.79 Å². The van der Waals surface area contributed by atoms with Gasteiger partial charge in [0.1, 0.15) is 0 Å². The summed E-state index contributed by atoms with van der Waals surface area (Å²) >= 11 is 10.9. The van der Waals surface area contributed by atoms with Gasteiger partial charge in [0.15, 0.2) is 11.0 Å². The number of anilines is 1. The van der Waals surface area contributed by atoms with Gasteiger partial charge in [-0.25, -0.2) is 0 Å². The van der Waals surface area contributed by atoms with E-state index in [0.29, 0.717) is 16.0 Å². The van der Waals surface area contributed by atoms with Gasteiger partial charge in [-0.1, -0.05) is 29.4 Å². The van der Waals surface area contributed by atoms with Crippen molar-refractivity contribution in [1.82, 2.24) is 19.7 Å². The lowest BCUT2D eigenvalue weighted by Crippen LogP contribution is -2.15. The van der Waals surface area contributed by atoms with Crippen LogP contribution in [0.5, 0.6) is 0 Å². The molecule has 2 aromatic heterocycles. The van der Waals surface area contributed by atoms with Gasteiger partial charge in [0.05, 0.1) is 11.4 Å². The standard InChI is InChI=1S/C22H17BrClN5OS/c1-14-2-7-19(18(23)12-14)26-20(30)13-31-22-28-27-21(15-8-10-25-11-9-15)29(22)17-5-3-16(24)4-6-17/h2-12H,13H2,1H3,(H,26,30). The zero-order chi connectivity index (χ0) is 21.8. The highest BCUT2D eigenvalue weighted by atomic mass is 79.9. The van der Waals surface area contributed by atoms with Crippen LogP contribution in [0.2, 0.25) is 5.02 Å². The van der Waals surface area contributed by atoms with Gasteiger partial charge < -0.3 is 5.32 Å². The van der Waals surface area contributed by atoms with Crippen molar-refractivity contribution in [3.05, 3.63) is 82.0 Å². The van der Waals surface area contributed by atoms with E-state index in [1.807, 2.05) is 66.1 Å². The molecule has 1 N–H and O–H groups in total. The monoisotopic (exact) mass is 513 g/mol. The third kappa shape index (κ3) is 5.15. The minimum atomic E-state index is -0.134. The number of rotatable bonds is 6. The predicted molar refractivity (Wildman–Crippen MR) is 128 cm³/mol. The molecule has 6 nitrogen and oxygen atoms in total. The van der Waals surface area contributed by atoms with E-state index in [2.05, 4.69) is 36.4 Å². The summed E-state index contributed by atoms with van der Waals surface area (Å²) in [6, 6.07) is 16.9. The summed E-state index contributed by atoms with van der Waals surface area (Å²) in [5.41, 5.74) is 3.56. The normalized spacial score (nSPS) is 10.8. The molecule has 0 aliphatic rings. The summed E-state index contributed by atoms with van der Waals surface area (Å²) in [6.45, 7) is 2.00. The number of hydrogen-bond acceptors (Lipinski definition) is 5. The molecule has 0 bridgehead atoms. The Morgan fingerprint density at radius 2 is 1.84 bits per heavy atom. The lowest BCUT2D eigenvalue weighted by molar-refractivity contribution is -0.113. The Morgan fingerprint density at radius 3 is 2.55 bits per heavy atom. The number of hydrogen-bond donors (Lipinski definition) is 1. The number of carbonyl (C=O) groups excluding carboxylic acids is 1. The Hall–Kier alpha value is -2.68. The van der Waals surface area contributed by atoms with E-state index in [0.717, 1.165) is 27.0 Å². The fraction of sp³-hybridized carbons (Fsp3) is 0.0909. The van der Waals surface area contributed by atoms with Gasteiger partial charge in [-0.15, -0.1) is 10.2 Å². The minimum Gasteiger partial charge on any atom is -0.324 e. The van der Waals surface area contributed by atoms with Crippen LogP contribution in [-0.2, 0) is 4.79 Å². The summed E-state index contributed by atoms with van der Waals surface area (Å²) in [6.07, 6.45) is 3.41. The van der Waals surface area contributed by atoms with Crippen LogP contribution in [0.4, 0.5) is 5.69 Å². The molecule has 0 atom stereocenters. The first-order valence-corrected chi connectivity index (χ1v) is 11.5. The molecule has 31 heavy (non-hydrogen) atoms. The van der Waals surface area contributed by atoms with Crippen molar-refractivity contribution in [3.8, 4) is 17.1 Å². The van der Waals surface area contributed by atoms with Crippen molar-refractivity contribution in [2.24, 2.45) is 0 Å². The highest BCUT2D eigenvalue weighted by molar-refractivity contribution is 9.10. The lowest BCUT2D eigenvalue weighted by atomic mass is 10.2. The maximum Gasteiger partial charge on any atom is 0.234 e. The van der Waals surface area contributed by atoms with E-state index in [1.165, 1.54) is 11.8 Å². The smallest absolute Gasteiger partial charge is 0.234 e. The molecule has 4 rings (SSSR count). The molecule has 1 amide bonds. The summed E-state index contributed by atoms with van der Waals surface area (Å²) in [5.74, 6) is 0.710. The Balaban J connectivity index is 1.58. The predicted octanol–water partition coefficient (Wildman–Crippen LogP) is 5.78. The van der Waals surface area contributed by atoms with Crippen molar-refractivity contribution >= 4 is 50.9 Å². The van der Waals surface area contributed by atoms with E-state index in [9.17, 15) is 4.79 Å². The van der Waals surface area contributed by atoms with Crippen LogP contribution in [0.15, 0.2) is 76.6 Å². The number of nitrogens with zero attached hydrogens (tertiary/aromatic N) is 4. The average molecular weight is 515 g/mol. The summed E-state index contributed by atoms with van der Waals surface area (Å²) < 4.78 is 2.75. The number of aromatic nitrogens is 4. The number of pyridine rings is 1. The number of benzene rings is 2. The highest BCUT2D eigenvalue weighted by Crippen LogP contribution is 2.29. The topological polar surface area (TPSA) is 72.7 Å². The van der Waals surface area contributed by atoms with Crippen LogP contribution < -0.4 is 5.32 Å². The van der Waals surface area contributed by atoms with Gasteiger partial charge >= 0.3 is 0 Å². The van der Waals surface area contributed by atoms with E-state index in [1.54, 1.807) is 12.4 Å². The largest absolute Gasteiger partial charge is 0.324 e. The summed E-state index contributed by atoms with van der Waals surface area (Å²) in [7, 11) is 0. The Bertz CT molecular complexity index is 1210. The molecule has 0 aliphatic carbocycles. The average Bonchev–Trinajstić information content (AvgIpc) is 3.19. The van der Waals surface area contributed by atoms with Crippen LogP contribution in [0, 0.1) is 6.92 Å². The van der Waals surface area contributed by atoms with Crippen molar-refractivity contribution in [2.45, 2.75) is 12.1 Å². The molecule has 0 aliphatic heterocycles. The second-order valence-electron chi connectivity index (χ2n) is 6.67. The third-order valence-electron chi connectivity index (χ3n) is 4.39. The van der Waals surface area contributed by atoms with Gasteiger partial charge in [0.2, 0.25) is 5.91 Å². The SMILES string of the molecule is Cc1ccc(NC(=O)CSc2nnc(-c3ccncc3)n2-c2ccc(Cl)cc2)c(Br)c1. The highest BCUT2D eigenvalue weighted by Gasteiger charge is 2.17. The van der Waals surface area contributed by atoms with E-state index < -0.39 is 0 Å². The minimum absolute atomic E-state index is 0.134. The Labute approximate surface area is 197 Å². The number of halogens is 2. The maximum absolute atomic E-state index is 12.6. The first-order valence-electron chi connectivity index (χ1n) is 9.32. The van der Waals surface area contributed by atoms with Gasteiger partial charge in [-0.3, -0.25) is 14.3 Å². The number of nitrogens with one attached hydrogen (secondary N) is 1. The zero-order valence-corrected chi connectivity index (χ0v) is 19.6. The van der Waals surface area contributed by atoms with Crippen LogP contribution >= 0.6 is 39.3 Å². The van der Waals surface area contributed by atoms with Crippen LogP contribution in [0.3, 0.4) is 0 Å². The molecule has 0 radical (unpaired) electrons. The van der Waals surface area contributed by atoms with Gasteiger partial charge in [0.25, 0.3) is 0 Å². The van der Waals surface area contributed by atoms with Crippen LogP contribution in [0.1, 0.15) is 5.56 Å². The molecule has 4 aromatic rings. The molecule has 2 aromatic carbocycles.